The molecule has 15 nitrogen and oxygen atoms in total. The molecule has 0 aliphatic carbocycles. The number of aliphatic hydroxyl groups excluding tert-OH is 7. The number of rotatable bonds is 51. The molecular formula is C61H114O15. The summed E-state index contributed by atoms with van der Waals surface area (Å²) >= 11 is 0. The molecule has 448 valence electrons. The summed E-state index contributed by atoms with van der Waals surface area (Å²) in [5.41, 5.74) is 0. The highest BCUT2D eigenvalue weighted by molar-refractivity contribution is 5.70. The van der Waals surface area contributed by atoms with Crippen molar-refractivity contribution < 1.29 is 73.8 Å². The monoisotopic (exact) mass is 1090 g/mol. The molecule has 0 radical (unpaired) electrons. The summed E-state index contributed by atoms with van der Waals surface area (Å²) in [6, 6.07) is 0. The SMILES string of the molecule is CCCCCC/C=C/CCCCCCCCCCCC(=O)O[C@@H](COC(=O)CCCCCCCCCCCCCCCCCCCCCCCCC)CO[C@@H]1O[C@H](CO[C@@H]2O[C@H](CO)[C@H](O)C(O)C2O)[C@H](O)C(O)C1O. The maximum absolute atomic E-state index is 13.1. The Bertz CT molecular complexity index is 1370. The van der Waals surface area contributed by atoms with Crippen LogP contribution in [0.2, 0.25) is 0 Å². The van der Waals surface area contributed by atoms with Crippen molar-refractivity contribution in [3.05, 3.63) is 12.2 Å². The molecule has 2 saturated heterocycles. The van der Waals surface area contributed by atoms with Crippen LogP contribution in [-0.4, -0.2) is 142 Å². The molecule has 0 amide bonds. The Balaban J connectivity index is 1.70. The van der Waals surface area contributed by atoms with Crippen molar-refractivity contribution in [3.8, 4) is 0 Å². The van der Waals surface area contributed by atoms with Crippen LogP contribution in [0.15, 0.2) is 12.2 Å². The zero-order valence-electron chi connectivity index (χ0n) is 48.0. The summed E-state index contributed by atoms with van der Waals surface area (Å²) in [7, 11) is 0. The molecule has 0 aromatic carbocycles. The van der Waals surface area contributed by atoms with Crippen LogP contribution in [0, 0.1) is 0 Å². The minimum Gasteiger partial charge on any atom is -0.462 e. The number of esters is 2. The van der Waals surface area contributed by atoms with Crippen LogP contribution in [0.1, 0.15) is 271 Å². The van der Waals surface area contributed by atoms with Crippen LogP contribution in [0.4, 0.5) is 0 Å². The normalized spacial score (nSPS) is 24.3. The van der Waals surface area contributed by atoms with Gasteiger partial charge < -0.3 is 64.2 Å². The molecule has 0 spiro atoms. The van der Waals surface area contributed by atoms with Crippen molar-refractivity contribution in [1.29, 1.82) is 0 Å². The van der Waals surface area contributed by atoms with Crippen molar-refractivity contribution in [2.45, 2.75) is 338 Å². The number of unbranched alkanes of at least 4 members (excludes halogenated alkanes) is 35. The van der Waals surface area contributed by atoms with Crippen LogP contribution in [-0.2, 0) is 38.0 Å². The van der Waals surface area contributed by atoms with E-state index in [9.17, 15) is 45.3 Å². The first-order valence-electron chi connectivity index (χ1n) is 31.3. The van der Waals surface area contributed by atoms with Gasteiger partial charge in [-0.3, -0.25) is 9.59 Å². The first-order valence-corrected chi connectivity index (χ1v) is 31.3. The number of hydrogen-bond acceptors (Lipinski definition) is 15. The molecular weight excluding hydrogens is 973 g/mol. The molecule has 2 heterocycles. The second-order valence-corrected chi connectivity index (χ2v) is 22.2. The predicted octanol–water partition coefficient (Wildman–Crippen LogP) is 11.3. The lowest BCUT2D eigenvalue weighted by molar-refractivity contribution is -0.332. The fraction of sp³-hybridized carbons (Fsp3) is 0.934. The zero-order valence-corrected chi connectivity index (χ0v) is 48.0. The van der Waals surface area contributed by atoms with Gasteiger partial charge in [0.2, 0.25) is 0 Å². The smallest absolute Gasteiger partial charge is 0.306 e. The standard InChI is InChI=1S/C61H114O15/c1-3-5-7-9-11-13-15-17-19-21-22-23-24-25-26-28-29-31-33-35-37-39-41-43-52(63)71-46-49(74-53(64)44-42-40-38-36-34-32-30-27-20-18-16-14-12-10-8-6-4-2)47-72-60-59(70)57(68)55(66)51(76-60)48-73-61-58(69)56(67)54(65)50(45-62)75-61/h14,16,49-51,54-62,65-70H,3-13,15,17-48H2,1-2H3/b16-14+/t49-,50+,51+,54-,55-,56?,57?,58?,59?,60+,61+/m0/s1. The highest BCUT2D eigenvalue weighted by Gasteiger charge is 2.47. The van der Waals surface area contributed by atoms with E-state index in [0.29, 0.717) is 12.8 Å². The minimum absolute atomic E-state index is 0.168. The molecule has 0 bridgehead atoms. The van der Waals surface area contributed by atoms with E-state index in [-0.39, 0.29) is 26.1 Å². The van der Waals surface area contributed by atoms with Gasteiger partial charge in [-0.15, -0.1) is 0 Å². The lowest BCUT2D eigenvalue weighted by Crippen LogP contribution is -2.61. The Morgan fingerprint density at radius 2 is 0.750 bits per heavy atom. The summed E-state index contributed by atoms with van der Waals surface area (Å²) in [5, 5.41) is 72.4. The molecule has 15 heteroatoms. The average molecular weight is 1090 g/mol. The molecule has 11 atom stereocenters. The number of hydrogen-bond donors (Lipinski definition) is 7. The third-order valence-electron chi connectivity index (χ3n) is 15.2. The summed E-state index contributed by atoms with van der Waals surface area (Å²) in [6.45, 7) is 2.64. The van der Waals surface area contributed by atoms with E-state index in [2.05, 4.69) is 26.0 Å². The van der Waals surface area contributed by atoms with Gasteiger partial charge in [-0.25, -0.2) is 0 Å². The van der Waals surface area contributed by atoms with Crippen LogP contribution in [0.3, 0.4) is 0 Å². The molecule has 7 N–H and O–H groups in total. The molecule has 2 aliphatic rings. The Morgan fingerprint density at radius 1 is 0.408 bits per heavy atom. The third kappa shape index (κ3) is 34.4. The molecule has 2 rings (SSSR count). The van der Waals surface area contributed by atoms with Gasteiger partial charge in [0.25, 0.3) is 0 Å². The van der Waals surface area contributed by atoms with Crippen molar-refractivity contribution in [3.63, 3.8) is 0 Å². The molecule has 0 aromatic rings. The van der Waals surface area contributed by atoms with E-state index >= 15 is 0 Å². The molecule has 4 unspecified atom stereocenters. The first kappa shape index (κ1) is 70.3. The van der Waals surface area contributed by atoms with Gasteiger partial charge in [0.05, 0.1) is 19.8 Å². The maximum Gasteiger partial charge on any atom is 0.306 e. The van der Waals surface area contributed by atoms with Crippen LogP contribution in [0.25, 0.3) is 0 Å². The summed E-state index contributed by atoms with van der Waals surface area (Å²) in [4.78, 5) is 25.9. The van der Waals surface area contributed by atoms with Crippen LogP contribution in [0.5, 0.6) is 0 Å². The molecule has 2 aliphatic heterocycles. The van der Waals surface area contributed by atoms with Gasteiger partial charge in [-0.2, -0.15) is 0 Å². The Kier molecular flexibility index (Phi) is 44.4. The van der Waals surface area contributed by atoms with E-state index in [0.717, 1.165) is 44.9 Å². The van der Waals surface area contributed by atoms with Crippen LogP contribution < -0.4 is 0 Å². The summed E-state index contributed by atoms with van der Waals surface area (Å²) in [6.07, 6.45) is 35.2. The number of allylic oxidation sites excluding steroid dienone is 2. The quantitative estimate of drug-likeness (QED) is 0.0171. The fourth-order valence-corrected chi connectivity index (χ4v) is 10.2. The molecule has 76 heavy (non-hydrogen) atoms. The summed E-state index contributed by atoms with van der Waals surface area (Å²) < 4.78 is 33.8. The largest absolute Gasteiger partial charge is 0.462 e. The molecule has 0 saturated carbocycles. The van der Waals surface area contributed by atoms with E-state index < -0.39 is 92.7 Å². The Hall–Kier alpha value is -1.76. The van der Waals surface area contributed by atoms with E-state index in [4.69, 9.17) is 28.4 Å². The Labute approximate surface area is 460 Å². The maximum atomic E-state index is 13.1. The first-order chi connectivity index (χ1) is 37.0. The Morgan fingerprint density at radius 3 is 1.17 bits per heavy atom. The fourth-order valence-electron chi connectivity index (χ4n) is 10.2. The van der Waals surface area contributed by atoms with E-state index in [1.54, 1.807) is 0 Å². The second-order valence-electron chi connectivity index (χ2n) is 22.2. The van der Waals surface area contributed by atoms with Crippen LogP contribution >= 0.6 is 0 Å². The van der Waals surface area contributed by atoms with Gasteiger partial charge >= 0.3 is 11.9 Å². The lowest BCUT2D eigenvalue weighted by Gasteiger charge is -2.42. The van der Waals surface area contributed by atoms with Gasteiger partial charge in [0, 0.05) is 12.8 Å². The third-order valence-corrected chi connectivity index (χ3v) is 15.2. The van der Waals surface area contributed by atoms with E-state index in [1.807, 2.05) is 0 Å². The number of carbonyl (C=O) groups excluding carboxylic acids is 2. The summed E-state index contributed by atoms with van der Waals surface area (Å²) in [5.74, 6) is -0.909. The van der Waals surface area contributed by atoms with Crippen molar-refractivity contribution in [2.24, 2.45) is 0 Å². The number of carbonyl (C=O) groups is 2. The van der Waals surface area contributed by atoms with Gasteiger partial charge in [-0.1, -0.05) is 231 Å². The van der Waals surface area contributed by atoms with Crippen molar-refractivity contribution >= 4 is 11.9 Å². The molecule has 2 fully saturated rings. The highest BCUT2D eigenvalue weighted by atomic mass is 16.7. The van der Waals surface area contributed by atoms with Crippen molar-refractivity contribution in [2.75, 3.05) is 26.4 Å². The van der Waals surface area contributed by atoms with Gasteiger partial charge in [-0.05, 0) is 38.5 Å². The number of ether oxygens (including phenoxy) is 6. The predicted molar refractivity (Wildman–Crippen MR) is 298 cm³/mol. The number of aliphatic hydroxyl groups is 7. The molecule has 0 aromatic heterocycles. The van der Waals surface area contributed by atoms with Crippen molar-refractivity contribution in [1.82, 2.24) is 0 Å². The minimum atomic E-state index is -1.76. The van der Waals surface area contributed by atoms with Gasteiger partial charge in [0.1, 0.15) is 55.4 Å². The lowest BCUT2D eigenvalue weighted by atomic mass is 9.98. The second kappa shape index (κ2) is 48.0. The topological polar surface area (TPSA) is 231 Å². The average Bonchev–Trinajstić information content (AvgIpc) is 3.41. The highest BCUT2D eigenvalue weighted by Crippen LogP contribution is 2.27. The van der Waals surface area contributed by atoms with E-state index in [1.165, 1.54) is 186 Å². The zero-order chi connectivity index (χ0) is 55.3. The van der Waals surface area contributed by atoms with Gasteiger partial charge in [0.15, 0.2) is 18.7 Å².